The van der Waals surface area contributed by atoms with E-state index in [9.17, 15) is 9.59 Å². The van der Waals surface area contributed by atoms with E-state index in [1.54, 1.807) is 14.2 Å². The summed E-state index contributed by atoms with van der Waals surface area (Å²) in [7, 11) is 3.18. The summed E-state index contributed by atoms with van der Waals surface area (Å²) in [5.41, 5.74) is 2.07. The fourth-order valence-electron chi connectivity index (χ4n) is 4.43. The molecule has 2 fully saturated rings. The zero-order valence-corrected chi connectivity index (χ0v) is 19.2. The Kier molecular flexibility index (Phi) is 6.86. The number of anilines is 1. The van der Waals surface area contributed by atoms with E-state index in [1.165, 1.54) is 4.90 Å². The summed E-state index contributed by atoms with van der Waals surface area (Å²) >= 11 is 6.12. The SMILES string of the molecule is COc1ccc(CCN2C(=O)CC(N3CCN(c4cccc(Cl)c4)CC3)C2=O)cc1OC. The van der Waals surface area contributed by atoms with Crippen molar-refractivity contribution in [3.63, 3.8) is 0 Å². The Bertz CT molecular complexity index is 991. The number of piperazine rings is 1. The van der Waals surface area contributed by atoms with E-state index in [0.29, 0.717) is 29.5 Å². The predicted octanol–water partition coefficient (Wildman–Crippen LogP) is 2.85. The van der Waals surface area contributed by atoms with Crippen molar-refractivity contribution in [2.45, 2.75) is 18.9 Å². The maximum absolute atomic E-state index is 13.0. The van der Waals surface area contributed by atoms with Gasteiger partial charge >= 0.3 is 0 Å². The lowest BCUT2D eigenvalue weighted by Crippen LogP contribution is -2.52. The first-order valence-electron chi connectivity index (χ1n) is 10.8. The standard InChI is InChI=1S/C24H28ClN3O4/c1-31-21-7-6-17(14-22(21)32-2)8-9-28-23(29)16-20(24(28)30)27-12-10-26(11-13-27)19-5-3-4-18(25)15-19/h3-7,14-15,20H,8-13,16H2,1-2H3. The number of amides is 2. The maximum atomic E-state index is 13.0. The highest BCUT2D eigenvalue weighted by Crippen LogP contribution is 2.28. The average molecular weight is 458 g/mol. The van der Waals surface area contributed by atoms with Crippen LogP contribution in [-0.4, -0.2) is 74.6 Å². The highest BCUT2D eigenvalue weighted by atomic mass is 35.5. The number of carbonyl (C=O) groups excluding carboxylic acids is 2. The summed E-state index contributed by atoms with van der Waals surface area (Å²) in [6.07, 6.45) is 0.828. The van der Waals surface area contributed by atoms with E-state index in [-0.39, 0.29) is 24.3 Å². The van der Waals surface area contributed by atoms with Gasteiger partial charge in [0.2, 0.25) is 11.8 Å². The van der Waals surface area contributed by atoms with Crippen LogP contribution < -0.4 is 14.4 Å². The molecule has 2 aliphatic heterocycles. The molecule has 0 bridgehead atoms. The molecule has 2 aliphatic rings. The largest absolute Gasteiger partial charge is 0.493 e. The van der Waals surface area contributed by atoms with Crippen LogP contribution in [0.1, 0.15) is 12.0 Å². The lowest BCUT2D eigenvalue weighted by atomic mass is 10.1. The lowest BCUT2D eigenvalue weighted by molar-refractivity contribution is -0.139. The van der Waals surface area contributed by atoms with E-state index in [4.69, 9.17) is 21.1 Å². The van der Waals surface area contributed by atoms with Crippen molar-refractivity contribution in [2.24, 2.45) is 0 Å². The Balaban J connectivity index is 1.34. The Morgan fingerprint density at radius 3 is 2.41 bits per heavy atom. The summed E-state index contributed by atoms with van der Waals surface area (Å²) < 4.78 is 10.6. The van der Waals surface area contributed by atoms with E-state index in [2.05, 4.69) is 9.80 Å². The number of likely N-dealkylation sites (tertiary alicyclic amines) is 1. The van der Waals surface area contributed by atoms with Crippen LogP contribution in [0.3, 0.4) is 0 Å². The molecule has 0 radical (unpaired) electrons. The summed E-state index contributed by atoms with van der Waals surface area (Å²) in [4.78, 5) is 31.5. The van der Waals surface area contributed by atoms with Crippen molar-refractivity contribution in [3.05, 3.63) is 53.1 Å². The molecule has 0 spiro atoms. The second-order valence-electron chi connectivity index (χ2n) is 8.05. The number of methoxy groups -OCH3 is 2. The van der Waals surface area contributed by atoms with Gasteiger partial charge in [-0.25, -0.2) is 0 Å². The van der Waals surface area contributed by atoms with E-state index in [0.717, 1.165) is 37.4 Å². The molecule has 32 heavy (non-hydrogen) atoms. The molecular weight excluding hydrogens is 430 g/mol. The fourth-order valence-corrected chi connectivity index (χ4v) is 4.61. The van der Waals surface area contributed by atoms with Crippen LogP contribution in [0.4, 0.5) is 5.69 Å². The number of carbonyl (C=O) groups is 2. The number of halogens is 1. The third-order valence-electron chi connectivity index (χ3n) is 6.22. The molecular formula is C24H28ClN3O4. The second kappa shape index (κ2) is 9.79. The van der Waals surface area contributed by atoms with Crippen molar-refractivity contribution < 1.29 is 19.1 Å². The molecule has 8 heteroatoms. The number of rotatable bonds is 7. The number of hydrogen-bond donors (Lipinski definition) is 0. The van der Waals surface area contributed by atoms with E-state index in [1.807, 2.05) is 42.5 Å². The number of imide groups is 1. The summed E-state index contributed by atoms with van der Waals surface area (Å²) in [5, 5.41) is 0.714. The quantitative estimate of drug-likeness (QED) is 0.596. The molecule has 1 unspecified atom stereocenters. The van der Waals surface area contributed by atoms with Gasteiger partial charge in [-0.05, 0) is 42.3 Å². The van der Waals surface area contributed by atoms with Gasteiger partial charge in [0, 0.05) is 43.4 Å². The normalized spacial score (nSPS) is 19.5. The molecule has 0 saturated carbocycles. The van der Waals surface area contributed by atoms with Gasteiger partial charge in [-0.3, -0.25) is 19.4 Å². The Hall–Kier alpha value is -2.77. The van der Waals surface area contributed by atoms with Gasteiger partial charge in [-0.15, -0.1) is 0 Å². The van der Waals surface area contributed by atoms with Crippen LogP contribution in [0.15, 0.2) is 42.5 Å². The van der Waals surface area contributed by atoms with E-state index < -0.39 is 0 Å². The summed E-state index contributed by atoms with van der Waals surface area (Å²) in [5.74, 6) is 1.10. The number of benzene rings is 2. The van der Waals surface area contributed by atoms with Crippen LogP contribution in [0.2, 0.25) is 5.02 Å². The first-order valence-corrected chi connectivity index (χ1v) is 11.2. The van der Waals surface area contributed by atoms with Gasteiger partial charge in [0.05, 0.1) is 26.7 Å². The molecule has 0 aromatic heterocycles. The molecule has 170 valence electrons. The monoisotopic (exact) mass is 457 g/mol. The van der Waals surface area contributed by atoms with Crippen molar-refractivity contribution in [3.8, 4) is 11.5 Å². The minimum absolute atomic E-state index is 0.0910. The van der Waals surface area contributed by atoms with Crippen molar-refractivity contribution >= 4 is 29.1 Å². The van der Waals surface area contributed by atoms with Crippen molar-refractivity contribution in [1.29, 1.82) is 0 Å². The molecule has 2 heterocycles. The van der Waals surface area contributed by atoms with Crippen molar-refractivity contribution in [2.75, 3.05) is 51.8 Å². The smallest absolute Gasteiger partial charge is 0.247 e. The number of ether oxygens (including phenoxy) is 2. The van der Waals surface area contributed by atoms with Gasteiger partial charge in [0.25, 0.3) is 0 Å². The Morgan fingerprint density at radius 2 is 1.72 bits per heavy atom. The molecule has 0 aliphatic carbocycles. The summed E-state index contributed by atoms with van der Waals surface area (Å²) in [6, 6.07) is 13.1. The first-order chi connectivity index (χ1) is 15.5. The van der Waals surface area contributed by atoms with Gasteiger partial charge in [-0.1, -0.05) is 23.7 Å². The average Bonchev–Trinajstić information content (AvgIpc) is 3.10. The minimum atomic E-state index is -0.366. The molecule has 2 aromatic carbocycles. The molecule has 1 atom stereocenters. The molecule has 2 saturated heterocycles. The first kappa shape index (κ1) is 22.4. The summed E-state index contributed by atoms with van der Waals surface area (Å²) in [6.45, 7) is 3.43. The van der Waals surface area contributed by atoms with Crippen LogP contribution in [0.5, 0.6) is 11.5 Å². The third kappa shape index (κ3) is 4.69. The van der Waals surface area contributed by atoms with Crippen LogP contribution in [0.25, 0.3) is 0 Å². The van der Waals surface area contributed by atoms with Gasteiger partial charge in [0.15, 0.2) is 11.5 Å². The topological polar surface area (TPSA) is 62.3 Å². The maximum Gasteiger partial charge on any atom is 0.247 e. The molecule has 7 nitrogen and oxygen atoms in total. The highest BCUT2D eigenvalue weighted by Gasteiger charge is 2.42. The molecule has 0 N–H and O–H groups in total. The van der Waals surface area contributed by atoms with Gasteiger partial charge in [-0.2, -0.15) is 0 Å². The Labute approximate surface area is 193 Å². The zero-order valence-electron chi connectivity index (χ0n) is 18.4. The number of hydrogen-bond acceptors (Lipinski definition) is 6. The Morgan fingerprint density at radius 1 is 0.969 bits per heavy atom. The molecule has 2 amide bonds. The predicted molar refractivity (Wildman–Crippen MR) is 124 cm³/mol. The van der Waals surface area contributed by atoms with Crippen molar-refractivity contribution in [1.82, 2.24) is 9.80 Å². The van der Waals surface area contributed by atoms with Crippen LogP contribution in [-0.2, 0) is 16.0 Å². The van der Waals surface area contributed by atoms with Gasteiger partial charge < -0.3 is 14.4 Å². The zero-order chi connectivity index (χ0) is 22.7. The lowest BCUT2D eigenvalue weighted by Gasteiger charge is -2.38. The molecule has 4 rings (SSSR count). The van der Waals surface area contributed by atoms with Crippen LogP contribution >= 0.6 is 11.6 Å². The number of nitrogens with zero attached hydrogens (tertiary/aromatic N) is 3. The molecule has 2 aromatic rings. The fraction of sp³-hybridized carbons (Fsp3) is 0.417. The second-order valence-corrected chi connectivity index (χ2v) is 8.48. The van der Waals surface area contributed by atoms with E-state index >= 15 is 0 Å². The van der Waals surface area contributed by atoms with Crippen LogP contribution in [0, 0.1) is 0 Å². The minimum Gasteiger partial charge on any atom is -0.493 e. The third-order valence-corrected chi connectivity index (χ3v) is 6.46. The highest BCUT2D eigenvalue weighted by molar-refractivity contribution is 6.30. The van der Waals surface area contributed by atoms with Gasteiger partial charge in [0.1, 0.15) is 0 Å².